The van der Waals surface area contributed by atoms with Gasteiger partial charge in [-0.25, -0.2) is 0 Å². The van der Waals surface area contributed by atoms with Crippen LogP contribution in [-0.2, 0) is 26.1 Å². The Morgan fingerprint density at radius 1 is 1.19 bits per heavy atom. The van der Waals surface area contributed by atoms with Crippen LogP contribution in [0.5, 0.6) is 0 Å². The smallest absolute Gasteiger partial charge is 0.261 e. The summed E-state index contributed by atoms with van der Waals surface area (Å²) in [4.78, 5) is 14.5. The highest BCUT2D eigenvalue weighted by Gasteiger charge is 2.19. The lowest BCUT2D eigenvalue weighted by atomic mass is 10.2. The van der Waals surface area contributed by atoms with Crippen LogP contribution in [0.3, 0.4) is 0 Å². The van der Waals surface area contributed by atoms with E-state index in [9.17, 15) is 4.79 Å². The first-order chi connectivity index (χ1) is 15.5. The highest BCUT2D eigenvalue weighted by atomic mass is 35.5. The van der Waals surface area contributed by atoms with Crippen molar-refractivity contribution < 1.29 is 4.79 Å². The predicted molar refractivity (Wildman–Crippen MR) is 127 cm³/mol. The normalized spacial score (nSPS) is 13.8. The molecule has 1 aliphatic heterocycles. The average molecular weight is 489 g/mol. The van der Waals surface area contributed by atoms with Gasteiger partial charge in [0.15, 0.2) is 5.82 Å². The molecule has 1 amide bonds. The van der Waals surface area contributed by atoms with Crippen LogP contribution < -0.4 is 5.32 Å². The summed E-state index contributed by atoms with van der Waals surface area (Å²) in [6, 6.07) is 7.34. The molecule has 0 bridgehead atoms. The van der Waals surface area contributed by atoms with Gasteiger partial charge in [-0.1, -0.05) is 35.7 Å². The average Bonchev–Trinajstić information content (AvgIpc) is 3.39. The van der Waals surface area contributed by atoms with Crippen LogP contribution in [0.2, 0.25) is 10.0 Å². The first-order valence-electron chi connectivity index (χ1n) is 10.6. The number of carbonyl (C=O) groups excluding carboxylic acids is 1. The van der Waals surface area contributed by atoms with E-state index in [2.05, 4.69) is 25.2 Å². The Balaban J connectivity index is 1.34. The van der Waals surface area contributed by atoms with Crippen molar-refractivity contribution in [3.8, 4) is 0 Å². The number of amides is 1. The van der Waals surface area contributed by atoms with E-state index in [1.54, 1.807) is 6.07 Å². The van der Waals surface area contributed by atoms with Crippen molar-refractivity contribution in [1.82, 2.24) is 29.9 Å². The zero-order valence-electron chi connectivity index (χ0n) is 17.6. The number of benzene rings is 1. The van der Waals surface area contributed by atoms with Gasteiger partial charge in [-0.3, -0.25) is 9.48 Å². The van der Waals surface area contributed by atoms with Crippen LogP contribution in [0.15, 0.2) is 24.3 Å². The minimum absolute atomic E-state index is 0.118. The Hall–Kier alpha value is -2.42. The molecule has 7 nitrogen and oxygen atoms in total. The summed E-state index contributed by atoms with van der Waals surface area (Å²) in [5.41, 5.74) is 1.80. The zero-order valence-corrected chi connectivity index (χ0v) is 19.9. The third-order valence-electron chi connectivity index (χ3n) is 5.76. The van der Waals surface area contributed by atoms with Crippen molar-refractivity contribution in [3.05, 3.63) is 62.1 Å². The van der Waals surface area contributed by atoms with Gasteiger partial charge in [0.05, 0.1) is 23.7 Å². The summed E-state index contributed by atoms with van der Waals surface area (Å²) in [6.07, 6.45) is 4.42. The Morgan fingerprint density at radius 3 is 2.91 bits per heavy atom. The number of fused-ring (bicyclic) bond motifs is 2. The van der Waals surface area contributed by atoms with Crippen molar-refractivity contribution >= 4 is 50.7 Å². The molecule has 10 heteroatoms. The SMILES string of the molecule is Cc1nn(Cc2ccc(Cl)cc2Cl)c2sc(C(=O)NCc3nnc4n3CCCCC4)cc12. The highest BCUT2D eigenvalue weighted by molar-refractivity contribution is 7.20. The van der Waals surface area contributed by atoms with E-state index in [4.69, 9.17) is 23.2 Å². The van der Waals surface area contributed by atoms with E-state index >= 15 is 0 Å². The molecule has 1 aliphatic rings. The van der Waals surface area contributed by atoms with Crippen molar-refractivity contribution in [3.63, 3.8) is 0 Å². The van der Waals surface area contributed by atoms with Gasteiger partial charge >= 0.3 is 0 Å². The number of aryl methyl sites for hydroxylation is 2. The molecule has 32 heavy (non-hydrogen) atoms. The van der Waals surface area contributed by atoms with Gasteiger partial charge in [0.2, 0.25) is 0 Å². The van der Waals surface area contributed by atoms with Crippen LogP contribution in [0.1, 0.15) is 51.8 Å². The topological polar surface area (TPSA) is 77.6 Å². The standard InChI is InChI=1S/C22H22Cl2N6OS/c1-13-16-10-18(21(31)25-11-20-27-26-19-5-3-2-4-8-29(19)20)32-22(16)30(28-13)12-14-6-7-15(23)9-17(14)24/h6-7,9-10H,2-5,8,11-12H2,1H3,(H,25,31). The van der Waals surface area contributed by atoms with E-state index in [0.717, 1.165) is 58.9 Å². The number of halogens is 2. The minimum atomic E-state index is -0.118. The van der Waals surface area contributed by atoms with E-state index in [1.165, 1.54) is 17.8 Å². The Kier molecular flexibility index (Phi) is 5.92. The van der Waals surface area contributed by atoms with E-state index in [1.807, 2.05) is 29.8 Å². The predicted octanol–water partition coefficient (Wildman–Crippen LogP) is 5.01. The van der Waals surface area contributed by atoms with Gasteiger partial charge in [-0.15, -0.1) is 21.5 Å². The number of hydrogen-bond acceptors (Lipinski definition) is 5. The van der Waals surface area contributed by atoms with Gasteiger partial charge < -0.3 is 9.88 Å². The van der Waals surface area contributed by atoms with Gasteiger partial charge in [0.1, 0.15) is 10.7 Å². The summed E-state index contributed by atoms with van der Waals surface area (Å²) in [5.74, 6) is 1.72. The van der Waals surface area contributed by atoms with Gasteiger partial charge in [0.25, 0.3) is 5.91 Å². The fourth-order valence-corrected chi connectivity index (χ4v) is 5.61. The van der Waals surface area contributed by atoms with Crippen molar-refractivity contribution in [2.45, 2.75) is 52.2 Å². The molecule has 0 spiro atoms. The molecular formula is C22H22Cl2N6OS. The lowest BCUT2D eigenvalue weighted by Crippen LogP contribution is -2.24. The molecule has 0 fully saturated rings. The van der Waals surface area contributed by atoms with Crippen LogP contribution in [0, 0.1) is 6.92 Å². The molecule has 3 aromatic heterocycles. The number of nitrogens with zero attached hydrogens (tertiary/aromatic N) is 5. The maximum absolute atomic E-state index is 12.9. The summed E-state index contributed by atoms with van der Waals surface area (Å²) in [7, 11) is 0. The maximum atomic E-state index is 12.9. The molecule has 1 aromatic carbocycles. The molecule has 4 heterocycles. The molecule has 0 radical (unpaired) electrons. The highest BCUT2D eigenvalue weighted by Crippen LogP contribution is 2.30. The lowest BCUT2D eigenvalue weighted by Gasteiger charge is -2.07. The molecular weight excluding hydrogens is 467 g/mol. The Morgan fingerprint density at radius 2 is 2.06 bits per heavy atom. The van der Waals surface area contributed by atoms with Crippen molar-refractivity contribution in [2.24, 2.45) is 0 Å². The number of carbonyl (C=O) groups is 1. The molecule has 0 aliphatic carbocycles. The Labute approximate surface area is 199 Å². The number of nitrogens with one attached hydrogen (secondary N) is 1. The fraction of sp³-hybridized carbons (Fsp3) is 0.364. The molecule has 4 aromatic rings. The van der Waals surface area contributed by atoms with Crippen LogP contribution in [0.4, 0.5) is 0 Å². The largest absolute Gasteiger partial charge is 0.344 e. The number of thiophene rings is 1. The first kappa shape index (κ1) is 21.4. The summed E-state index contributed by atoms with van der Waals surface area (Å²) < 4.78 is 4.04. The molecule has 0 atom stereocenters. The van der Waals surface area contributed by atoms with Gasteiger partial charge in [-0.2, -0.15) is 5.10 Å². The van der Waals surface area contributed by atoms with Crippen LogP contribution in [-0.4, -0.2) is 30.5 Å². The number of rotatable bonds is 5. The van der Waals surface area contributed by atoms with E-state index < -0.39 is 0 Å². The fourth-order valence-electron chi connectivity index (χ4n) is 4.07. The molecule has 5 rings (SSSR count). The second-order valence-electron chi connectivity index (χ2n) is 7.99. The van der Waals surface area contributed by atoms with E-state index in [0.29, 0.717) is 28.0 Å². The summed E-state index contributed by atoms with van der Waals surface area (Å²) in [5, 5.41) is 18.4. The number of hydrogen-bond donors (Lipinski definition) is 1. The van der Waals surface area contributed by atoms with Crippen molar-refractivity contribution in [1.29, 1.82) is 0 Å². The van der Waals surface area contributed by atoms with Gasteiger partial charge in [0, 0.05) is 28.4 Å². The minimum Gasteiger partial charge on any atom is -0.344 e. The lowest BCUT2D eigenvalue weighted by molar-refractivity contribution is 0.0953. The number of aromatic nitrogens is 5. The van der Waals surface area contributed by atoms with Crippen LogP contribution in [0.25, 0.3) is 10.2 Å². The summed E-state index contributed by atoms with van der Waals surface area (Å²) >= 11 is 13.8. The molecule has 0 saturated carbocycles. The molecule has 166 valence electrons. The summed E-state index contributed by atoms with van der Waals surface area (Å²) in [6.45, 7) is 3.74. The monoisotopic (exact) mass is 488 g/mol. The quantitative estimate of drug-likeness (QED) is 0.428. The van der Waals surface area contributed by atoms with Crippen molar-refractivity contribution in [2.75, 3.05) is 0 Å². The second-order valence-corrected chi connectivity index (χ2v) is 9.86. The Bertz CT molecular complexity index is 1310. The molecule has 1 N–H and O–H groups in total. The van der Waals surface area contributed by atoms with Gasteiger partial charge in [-0.05, 0) is 43.5 Å². The maximum Gasteiger partial charge on any atom is 0.261 e. The molecule has 0 saturated heterocycles. The first-order valence-corrected chi connectivity index (χ1v) is 12.2. The third kappa shape index (κ3) is 4.14. The molecule has 0 unspecified atom stereocenters. The van der Waals surface area contributed by atoms with E-state index in [-0.39, 0.29) is 5.91 Å². The second kappa shape index (κ2) is 8.84. The van der Waals surface area contributed by atoms with Crippen LogP contribution >= 0.6 is 34.5 Å². The third-order valence-corrected chi connectivity index (χ3v) is 7.49. The zero-order chi connectivity index (χ0) is 22.2.